The first-order chi connectivity index (χ1) is 11.1. The molecule has 0 saturated carbocycles. The summed E-state index contributed by atoms with van der Waals surface area (Å²) >= 11 is 0. The number of pyridine rings is 2. The summed E-state index contributed by atoms with van der Waals surface area (Å²) in [5, 5.41) is 0. The number of hydrogen-bond donors (Lipinski definition) is 1. The fraction of sp³-hybridized carbons (Fsp3) is 0.412. The van der Waals surface area contributed by atoms with Crippen molar-refractivity contribution in [2.24, 2.45) is 0 Å². The summed E-state index contributed by atoms with van der Waals surface area (Å²) in [6, 6.07) is 5.20. The molecule has 1 unspecified atom stereocenters. The predicted molar refractivity (Wildman–Crippen MR) is 86.6 cm³/mol. The van der Waals surface area contributed by atoms with E-state index in [0.29, 0.717) is 6.61 Å². The van der Waals surface area contributed by atoms with Crippen molar-refractivity contribution in [1.82, 2.24) is 14.9 Å². The van der Waals surface area contributed by atoms with Gasteiger partial charge in [0.15, 0.2) is 5.43 Å². The van der Waals surface area contributed by atoms with Crippen molar-refractivity contribution >= 4 is 0 Å². The molecule has 2 aromatic heterocycles. The molecular formula is C17H21N3O3. The zero-order valence-corrected chi connectivity index (χ0v) is 13.4. The molecule has 1 aliphatic heterocycles. The molecule has 1 saturated heterocycles. The van der Waals surface area contributed by atoms with Gasteiger partial charge in [0.25, 0.3) is 0 Å². The number of aromatic nitrogens is 2. The topological polar surface area (TPSA) is 67.5 Å². The summed E-state index contributed by atoms with van der Waals surface area (Å²) in [6.07, 6.45) is 3.43. The minimum atomic E-state index is -0.116. The minimum Gasteiger partial charge on any atom is -0.495 e. The number of nitrogens with zero attached hydrogens (tertiary/aromatic N) is 2. The van der Waals surface area contributed by atoms with E-state index in [-0.39, 0.29) is 11.5 Å². The molecule has 6 nitrogen and oxygen atoms in total. The average molecular weight is 315 g/mol. The highest BCUT2D eigenvalue weighted by atomic mass is 16.5. The highest BCUT2D eigenvalue weighted by Crippen LogP contribution is 2.22. The van der Waals surface area contributed by atoms with Gasteiger partial charge in [0.2, 0.25) is 0 Å². The van der Waals surface area contributed by atoms with Crippen LogP contribution in [-0.4, -0.2) is 41.7 Å². The highest BCUT2D eigenvalue weighted by Gasteiger charge is 2.23. The summed E-state index contributed by atoms with van der Waals surface area (Å²) in [6.45, 7) is 4.88. The molecule has 23 heavy (non-hydrogen) atoms. The predicted octanol–water partition coefficient (Wildman–Crippen LogP) is 1.66. The molecule has 1 atom stereocenters. The van der Waals surface area contributed by atoms with Gasteiger partial charge in [-0.2, -0.15) is 0 Å². The monoisotopic (exact) mass is 315 g/mol. The van der Waals surface area contributed by atoms with Gasteiger partial charge in [-0.1, -0.05) is 0 Å². The molecule has 122 valence electrons. The smallest absolute Gasteiger partial charge is 0.182 e. The van der Waals surface area contributed by atoms with Crippen LogP contribution < -0.4 is 10.2 Å². The van der Waals surface area contributed by atoms with Gasteiger partial charge in [-0.3, -0.25) is 14.7 Å². The number of H-pyrrole nitrogens is 1. The van der Waals surface area contributed by atoms with Gasteiger partial charge in [-0.05, 0) is 18.6 Å². The van der Waals surface area contributed by atoms with Gasteiger partial charge in [0.1, 0.15) is 11.9 Å². The second-order valence-electron chi connectivity index (χ2n) is 5.78. The number of morpholine rings is 1. The van der Waals surface area contributed by atoms with Crippen LogP contribution >= 0.6 is 0 Å². The number of hydrogen-bond acceptors (Lipinski definition) is 5. The molecule has 2 aromatic rings. The van der Waals surface area contributed by atoms with Crippen LogP contribution in [0.2, 0.25) is 0 Å². The van der Waals surface area contributed by atoms with Gasteiger partial charge in [0.05, 0.1) is 19.9 Å². The van der Waals surface area contributed by atoms with E-state index in [1.807, 2.05) is 19.2 Å². The zero-order valence-electron chi connectivity index (χ0n) is 13.4. The first-order valence-corrected chi connectivity index (χ1v) is 7.67. The molecule has 0 radical (unpaired) electrons. The fourth-order valence-electron chi connectivity index (χ4n) is 2.84. The Labute approximate surface area is 135 Å². The molecule has 1 fully saturated rings. The van der Waals surface area contributed by atoms with E-state index in [1.54, 1.807) is 25.4 Å². The maximum atomic E-state index is 11.7. The maximum Gasteiger partial charge on any atom is 0.182 e. The zero-order chi connectivity index (χ0) is 16.2. The van der Waals surface area contributed by atoms with Crippen molar-refractivity contribution in [3.8, 4) is 5.75 Å². The first-order valence-electron chi connectivity index (χ1n) is 7.67. The van der Waals surface area contributed by atoms with Crippen molar-refractivity contribution in [2.75, 3.05) is 26.8 Å². The first kappa shape index (κ1) is 15.7. The Kier molecular flexibility index (Phi) is 4.73. The number of methoxy groups -OCH3 is 1. The molecule has 6 heteroatoms. The molecule has 0 amide bonds. The van der Waals surface area contributed by atoms with Crippen molar-refractivity contribution in [3.63, 3.8) is 0 Å². The van der Waals surface area contributed by atoms with E-state index in [0.717, 1.165) is 42.3 Å². The van der Waals surface area contributed by atoms with Gasteiger partial charge in [0, 0.05) is 49.4 Å². The summed E-state index contributed by atoms with van der Waals surface area (Å²) in [5.74, 6) is 0.760. The van der Waals surface area contributed by atoms with Crippen LogP contribution in [0.25, 0.3) is 0 Å². The maximum absolute atomic E-state index is 11.7. The van der Waals surface area contributed by atoms with Crippen LogP contribution in [0.15, 0.2) is 35.4 Å². The van der Waals surface area contributed by atoms with Crippen molar-refractivity contribution in [1.29, 1.82) is 0 Å². The summed E-state index contributed by atoms with van der Waals surface area (Å²) < 4.78 is 11.1. The molecule has 0 aromatic carbocycles. The van der Waals surface area contributed by atoms with Crippen LogP contribution in [0, 0.1) is 6.92 Å². The Morgan fingerprint density at radius 3 is 3.04 bits per heavy atom. The lowest BCUT2D eigenvalue weighted by Gasteiger charge is -2.33. The van der Waals surface area contributed by atoms with Crippen LogP contribution in [0.1, 0.15) is 23.1 Å². The third-order valence-corrected chi connectivity index (χ3v) is 3.91. The van der Waals surface area contributed by atoms with Gasteiger partial charge < -0.3 is 14.5 Å². The Morgan fingerprint density at radius 1 is 1.39 bits per heavy atom. The van der Waals surface area contributed by atoms with E-state index in [4.69, 9.17) is 9.47 Å². The number of aromatic amines is 1. The molecular weight excluding hydrogens is 294 g/mol. The molecule has 0 aliphatic carbocycles. The second-order valence-corrected chi connectivity index (χ2v) is 5.78. The Bertz CT molecular complexity index is 729. The van der Waals surface area contributed by atoms with Gasteiger partial charge in [-0.15, -0.1) is 0 Å². The molecule has 0 spiro atoms. The number of ether oxygens (including phenoxy) is 2. The Morgan fingerprint density at radius 2 is 2.26 bits per heavy atom. The Balaban J connectivity index is 1.71. The third kappa shape index (κ3) is 3.97. The molecule has 3 rings (SSSR count). The van der Waals surface area contributed by atoms with E-state index in [2.05, 4.69) is 14.9 Å². The lowest BCUT2D eigenvalue weighted by molar-refractivity contribution is -0.0351. The minimum absolute atomic E-state index is 0.00830. The highest BCUT2D eigenvalue weighted by molar-refractivity contribution is 5.23. The largest absolute Gasteiger partial charge is 0.495 e. The number of aryl methyl sites for hydroxylation is 1. The van der Waals surface area contributed by atoms with Crippen molar-refractivity contribution < 1.29 is 9.47 Å². The normalized spacial score (nSPS) is 18.8. The summed E-state index contributed by atoms with van der Waals surface area (Å²) in [7, 11) is 1.64. The van der Waals surface area contributed by atoms with Crippen LogP contribution in [0.5, 0.6) is 5.75 Å². The second kappa shape index (κ2) is 6.93. The van der Waals surface area contributed by atoms with E-state index in [1.165, 1.54) is 0 Å². The van der Waals surface area contributed by atoms with Crippen LogP contribution in [0.3, 0.4) is 0 Å². The summed E-state index contributed by atoms with van der Waals surface area (Å²) in [4.78, 5) is 21.4. The molecule has 3 heterocycles. The molecule has 1 aliphatic rings. The van der Waals surface area contributed by atoms with Crippen molar-refractivity contribution in [2.45, 2.75) is 19.6 Å². The fourth-order valence-corrected chi connectivity index (χ4v) is 2.84. The van der Waals surface area contributed by atoms with Crippen LogP contribution in [-0.2, 0) is 11.3 Å². The van der Waals surface area contributed by atoms with E-state index < -0.39 is 0 Å². The lowest BCUT2D eigenvalue weighted by atomic mass is 10.1. The number of rotatable bonds is 4. The molecule has 1 N–H and O–H groups in total. The quantitative estimate of drug-likeness (QED) is 0.929. The number of nitrogens with one attached hydrogen (secondary N) is 1. The van der Waals surface area contributed by atoms with Crippen molar-refractivity contribution in [3.05, 3.63) is 57.8 Å². The SMILES string of the molecule is COc1cncc(CN2CCOC(c3cc(=O)cc(C)[nH]3)C2)c1. The summed E-state index contributed by atoms with van der Waals surface area (Å²) in [5.41, 5.74) is 2.80. The van der Waals surface area contributed by atoms with Gasteiger partial charge in [-0.25, -0.2) is 0 Å². The van der Waals surface area contributed by atoms with E-state index >= 15 is 0 Å². The van der Waals surface area contributed by atoms with E-state index in [9.17, 15) is 4.79 Å². The third-order valence-electron chi connectivity index (χ3n) is 3.91. The average Bonchev–Trinajstić information content (AvgIpc) is 2.54. The standard InChI is InChI=1S/C17H21N3O3/c1-12-5-14(21)7-16(19-12)17-11-20(3-4-23-17)10-13-6-15(22-2)9-18-8-13/h5-9,17H,3-4,10-11H2,1-2H3,(H,19,21). The van der Waals surface area contributed by atoms with Gasteiger partial charge >= 0.3 is 0 Å². The Hall–Kier alpha value is -2.18. The van der Waals surface area contributed by atoms with Crippen LogP contribution in [0.4, 0.5) is 0 Å². The molecule has 0 bridgehead atoms. The lowest BCUT2D eigenvalue weighted by Crippen LogP contribution is -2.38.